The first-order valence-corrected chi connectivity index (χ1v) is 7.38. The molecule has 21 heavy (non-hydrogen) atoms. The van der Waals surface area contributed by atoms with E-state index in [9.17, 15) is 0 Å². The maximum Gasteiger partial charge on any atom is 0.134 e. The van der Waals surface area contributed by atoms with Gasteiger partial charge in [0, 0.05) is 16.6 Å². The topological polar surface area (TPSA) is 38.1 Å². The van der Waals surface area contributed by atoms with Gasteiger partial charge in [0.15, 0.2) is 0 Å². The third kappa shape index (κ3) is 2.64. The van der Waals surface area contributed by atoms with Crippen LogP contribution in [0.5, 0.6) is 0 Å². The molecule has 3 heteroatoms. The first-order chi connectivity index (χ1) is 10.2. The molecule has 3 nitrogen and oxygen atoms in total. The van der Waals surface area contributed by atoms with Gasteiger partial charge >= 0.3 is 0 Å². The molecule has 0 saturated heterocycles. The maximum atomic E-state index is 6.06. The predicted octanol–water partition coefficient (Wildman–Crippen LogP) is 4.87. The minimum Gasteiger partial charge on any atom is -0.459 e. The van der Waals surface area contributed by atoms with Crippen LogP contribution in [0.3, 0.4) is 0 Å². The van der Waals surface area contributed by atoms with Crippen LogP contribution in [0, 0.1) is 6.92 Å². The molecule has 0 saturated carbocycles. The number of rotatable bonds is 4. The van der Waals surface area contributed by atoms with Crippen LogP contribution in [-0.4, -0.2) is 4.98 Å². The van der Waals surface area contributed by atoms with Gasteiger partial charge < -0.3 is 9.73 Å². The van der Waals surface area contributed by atoms with E-state index in [4.69, 9.17) is 4.42 Å². The fourth-order valence-electron chi connectivity index (χ4n) is 2.70. The van der Waals surface area contributed by atoms with E-state index in [0.717, 1.165) is 29.1 Å². The smallest absolute Gasteiger partial charge is 0.134 e. The molecule has 0 fully saturated rings. The van der Waals surface area contributed by atoms with Gasteiger partial charge in [-0.1, -0.05) is 25.1 Å². The van der Waals surface area contributed by atoms with Crippen LogP contribution in [0.25, 0.3) is 11.0 Å². The summed E-state index contributed by atoms with van der Waals surface area (Å²) in [5.74, 6) is 1.01. The Morgan fingerprint density at radius 2 is 2.00 bits per heavy atom. The van der Waals surface area contributed by atoms with Crippen molar-refractivity contribution in [3.05, 3.63) is 59.6 Å². The number of anilines is 1. The number of benzene rings is 1. The Kier molecular flexibility index (Phi) is 3.65. The van der Waals surface area contributed by atoms with Gasteiger partial charge in [0.05, 0.1) is 17.9 Å². The Morgan fingerprint density at radius 3 is 2.71 bits per heavy atom. The number of furan rings is 1. The third-order valence-corrected chi connectivity index (χ3v) is 3.77. The van der Waals surface area contributed by atoms with E-state index in [-0.39, 0.29) is 6.04 Å². The summed E-state index contributed by atoms with van der Waals surface area (Å²) in [5.41, 5.74) is 4.27. The Balaban J connectivity index is 1.93. The average Bonchev–Trinajstić information content (AvgIpc) is 2.88. The van der Waals surface area contributed by atoms with E-state index in [1.165, 1.54) is 10.9 Å². The zero-order chi connectivity index (χ0) is 14.8. The first-order valence-electron chi connectivity index (χ1n) is 7.38. The van der Waals surface area contributed by atoms with Gasteiger partial charge in [-0.3, -0.25) is 4.98 Å². The average molecular weight is 280 g/mol. The van der Waals surface area contributed by atoms with Crippen molar-refractivity contribution in [3.8, 4) is 0 Å². The van der Waals surface area contributed by atoms with Gasteiger partial charge in [0.2, 0.25) is 0 Å². The summed E-state index contributed by atoms with van der Waals surface area (Å²) < 4.78 is 6.06. The zero-order valence-electron chi connectivity index (χ0n) is 12.7. The fraction of sp³-hybridized carbons (Fsp3) is 0.278. The fourth-order valence-corrected chi connectivity index (χ4v) is 2.70. The van der Waals surface area contributed by atoms with E-state index in [0.29, 0.717) is 0 Å². The van der Waals surface area contributed by atoms with Crippen molar-refractivity contribution in [2.75, 3.05) is 5.32 Å². The van der Waals surface area contributed by atoms with Crippen molar-refractivity contribution in [1.82, 2.24) is 4.98 Å². The second kappa shape index (κ2) is 5.60. The lowest BCUT2D eigenvalue weighted by Gasteiger charge is -2.14. The van der Waals surface area contributed by atoms with Gasteiger partial charge in [0.1, 0.15) is 11.3 Å². The molecule has 0 aliphatic carbocycles. The minimum absolute atomic E-state index is 0.108. The zero-order valence-corrected chi connectivity index (χ0v) is 12.7. The minimum atomic E-state index is 0.108. The quantitative estimate of drug-likeness (QED) is 0.740. The highest BCUT2D eigenvalue weighted by Gasteiger charge is 2.18. The number of hydrogen-bond donors (Lipinski definition) is 1. The lowest BCUT2D eigenvalue weighted by Crippen LogP contribution is -2.07. The van der Waals surface area contributed by atoms with E-state index >= 15 is 0 Å². The van der Waals surface area contributed by atoms with Crippen LogP contribution in [0.4, 0.5) is 5.69 Å². The molecule has 1 aromatic carbocycles. The molecule has 1 N–H and O–H groups in total. The Labute approximate surface area is 125 Å². The Hall–Kier alpha value is -2.29. The highest BCUT2D eigenvalue weighted by atomic mass is 16.3. The lowest BCUT2D eigenvalue weighted by atomic mass is 10.0. The van der Waals surface area contributed by atoms with E-state index in [1.807, 2.05) is 37.4 Å². The highest BCUT2D eigenvalue weighted by Crippen LogP contribution is 2.31. The van der Waals surface area contributed by atoms with Crippen molar-refractivity contribution in [1.29, 1.82) is 0 Å². The van der Waals surface area contributed by atoms with Gasteiger partial charge in [-0.25, -0.2) is 0 Å². The summed E-state index contributed by atoms with van der Waals surface area (Å²) in [7, 11) is 0. The van der Waals surface area contributed by atoms with Crippen molar-refractivity contribution in [2.45, 2.75) is 33.2 Å². The molecule has 2 heterocycles. The molecule has 1 atom stereocenters. The monoisotopic (exact) mass is 280 g/mol. The number of hydrogen-bond acceptors (Lipinski definition) is 3. The van der Waals surface area contributed by atoms with Gasteiger partial charge in [-0.15, -0.1) is 0 Å². The van der Waals surface area contributed by atoms with E-state index < -0.39 is 0 Å². The summed E-state index contributed by atoms with van der Waals surface area (Å²) in [4.78, 5) is 4.32. The molecule has 1 unspecified atom stereocenters. The van der Waals surface area contributed by atoms with Crippen LogP contribution in [0.15, 0.2) is 47.0 Å². The SMILES string of the molecule is CCc1c(C(C)Nc2ccc(C)nc2)oc2ccccc12. The van der Waals surface area contributed by atoms with Gasteiger partial charge in [-0.05, 0) is 38.5 Å². The summed E-state index contributed by atoms with van der Waals surface area (Å²) >= 11 is 0. The summed E-state index contributed by atoms with van der Waals surface area (Å²) in [6.45, 7) is 6.28. The van der Waals surface area contributed by atoms with Crippen molar-refractivity contribution in [3.63, 3.8) is 0 Å². The first kappa shape index (κ1) is 13.7. The van der Waals surface area contributed by atoms with E-state index in [2.05, 4.69) is 36.3 Å². The molecule has 0 aliphatic rings. The Bertz CT molecular complexity index is 744. The second-order valence-corrected chi connectivity index (χ2v) is 5.35. The molecular formula is C18H20N2O. The highest BCUT2D eigenvalue weighted by molar-refractivity contribution is 5.82. The van der Waals surface area contributed by atoms with Gasteiger partial charge in [-0.2, -0.15) is 0 Å². The number of para-hydroxylation sites is 1. The molecule has 0 radical (unpaired) electrons. The molecule has 3 rings (SSSR count). The predicted molar refractivity (Wildman–Crippen MR) is 86.6 cm³/mol. The summed E-state index contributed by atoms with van der Waals surface area (Å²) in [5, 5.41) is 4.68. The molecule has 0 spiro atoms. The normalized spacial score (nSPS) is 12.5. The molecule has 3 aromatic rings. The number of aromatic nitrogens is 1. The summed E-state index contributed by atoms with van der Waals surface area (Å²) in [6.07, 6.45) is 2.82. The maximum absolute atomic E-state index is 6.06. The molecule has 2 aromatic heterocycles. The van der Waals surface area contributed by atoms with Crippen LogP contribution >= 0.6 is 0 Å². The molecule has 0 amide bonds. The third-order valence-electron chi connectivity index (χ3n) is 3.77. The number of fused-ring (bicyclic) bond motifs is 1. The van der Waals surface area contributed by atoms with Crippen LogP contribution < -0.4 is 5.32 Å². The van der Waals surface area contributed by atoms with Crippen LogP contribution in [-0.2, 0) is 6.42 Å². The molecule has 108 valence electrons. The van der Waals surface area contributed by atoms with Gasteiger partial charge in [0.25, 0.3) is 0 Å². The molecule has 0 aliphatic heterocycles. The second-order valence-electron chi connectivity index (χ2n) is 5.35. The lowest BCUT2D eigenvalue weighted by molar-refractivity contribution is 0.520. The summed E-state index contributed by atoms with van der Waals surface area (Å²) in [6, 6.07) is 12.4. The van der Waals surface area contributed by atoms with Crippen molar-refractivity contribution in [2.24, 2.45) is 0 Å². The van der Waals surface area contributed by atoms with Crippen LogP contribution in [0.1, 0.15) is 36.9 Å². The largest absolute Gasteiger partial charge is 0.459 e. The van der Waals surface area contributed by atoms with Crippen LogP contribution in [0.2, 0.25) is 0 Å². The number of nitrogens with zero attached hydrogens (tertiary/aromatic N) is 1. The number of nitrogens with one attached hydrogen (secondary N) is 1. The number of aryl methyl sites for hydroxylation is 2. The molecular weight excluding hydrogens is 260 g/mol. The number of pyridine rings is 1. The van der Waals surface area contributed by atoms with Crippen molar-refractivity contribution >= 4 is 16.7 Å². The molecule has 0 bridgehead atoms. The standard InChI is InChI=1S/C18H20N2O/c1-4-15-16-7-5-6-8-17(16)21-18(15)13(3)20-14-10-9-12(2)19-11-14/h5-11,13,20H,4H2,1-3H3. The van der Waals surface area contributed by atoms with Crippen molar-refractivity contribution < 1.29 is 4.42 Å². The van der Waals surface area contributed by atoms with E-state index in [1.54, 1.807) is 0 Å². The Morgan fingerprint density at radius 1 is 1.19 bits per heavy atom.